The van der Waals surface area contributed by atoms with Crippen LogP contribution in [0.3, 0.4) is 0 Å². The first-order chi connectivity index (χ1) is 6.81. The minimum Gasteiger partial charge on any atom is -0.382 e. The molecule has 0 unspecified atom stereocenters. The average Bonchev–Trinajstić information content (AvgIpc) is 2.57. The Hall–Kier alpha value is -1.70. The predicted molar refractivity (Wildman–Crippen MR) is 61.6 cm³/mol. The SMILES string of the molecule is C=CCNc1ccc2c(ccn2C)c1. The zero-order valence-electron chi connectivity index (χ0n) is 8.33. The molecule has 14 heavy (non-hydrogen) atoms. The third-order valence-corrected chi connectivity index (χ3v) is 2.34. The van der Waals surface area contributed by atoms with Crippen molar-refractivity contribution < 1.29 is 0 Å². The van der Waals surface area contributed by atoms with Gasteiger partial charge < -0.3 is 9.88 Å². The smallest absolute Gasteiger partial charge is 0.0479 e. The molecule has 0 radical (unpaired) electrons. The molecule has 0 aliphatic heterocycles. The van der Waals surface area contributed by atoms with E-state index in [2.05, 4.69) is 54.0 Å². The lowest BCUT2D eigenvalue weighted by Gasteiger charge is -2.03. The molecule has 72 valence electrons. The van der Waals surface area contributed by atoms with Gasteiger partial charge in [-0.1, -0.05) is 6.08 Å². The van der Waals surface area contributed by atoms with Gasteiger partial charge >= 0.3 is 0 Å². The van der Waals surface area contributed by atoms with Crippen LogP contribution in [-0.4, -0.2) is 11.1 Å². The van der Waals surface area contributed by atoms with E-state index in [1.807, 2.05) is 6.08 Å². The molecule has 0 aliphatic rings. The Morgan fingerprint density at radius 1 is 1.43 bits per heavy atom. The summed E-state index contributed by atoms with van der Waals surface area (Å²) in [7, 11) is 2.05. The third kappa shape index (κ3) is 1.51. The number of nitrogens with zero attached hydrogens (tertiary/aromatic N) is 1. The Bertz CT molecular complexity index is 454. The molecule has 0 fully saturated rings. The summed E-state index contributed by atoms with van der Waals surface area (Å²) in [5.74, 6) is 0. The highest BCUT2D eigenvalue weighted by Gasteiger charge is 1.97. The van der Waals surface area contributed by atoms with Crippen LogP contribution in [0.5, 0.6) is 0 Å². The monoisotopic (exact) mass is 186 g/mol. The molecule has 2 aromatic rings. The highest BCUT2D eigenvalue weighted by Crippen LogP contribution is 2.19. The first-order valence-corrected chi connectivity index (χ1v) is 4.71. The maximum absolute atomic E-state index is 3.68. The quantitative estimate of drug-likeness (QED) is 0.729. The summed E-state index contributed by atoms with van der Waals surface area (Å²) >= 11 is 0. The summed E-state index contributed by atoms with van der Waals surface area (Å²) < 4.78 is 2.12. The molecular formula is C12H14N2. The van der Waals surface area contributed by atoms with Crippen molar-refractivity contribution in [2.75, 3.05) is 11.9 Å². The number of anilines is 1. The summed E-state index contributed by atoms with van der Waals surface area (Å²) in [6, 6.07) is 8.49. The molecule has 0 atom stereocenters. The Balaban J connectivity index is 2.36. The third-order valence-electron chi connectivity index (χ3n) is 2.34. The average molecular weight is 186 g/mol. The Morgan fingerprint density at radius 3 is 3.07 bits per heavy atom. The molecule has 1 heterocycles. The van der Waals surface area contributed by atoms with Crippen molar-refractivity contribution in [2.24, 2.45) is 7.05 Å². The maximum Gasteiger partial charge on any atom is 0.0479 e. The number of benzene rings is 1. The van der Waals surface area contributed by atoms with Gasteiger partial charge in [0.1, 0.15) is 0 Å². The number of fused-ring (bicyclic) bond motifs is 1. The standard InChI is InChI=1S/C12H14N2/c1-3-7-13-11-4-5-12-10(9-11)6-8-14(12)2/h3-6,8-9,13H,1,7H2,2H3. The van der Waals surface area contributed by atoms with E-state index in [0.29, 0.717) is 0 Å². The number of hydrogen-bond acceptors (Lipinski definition) is 1. The zero-order chi connectivity index (χ0) is 9.97. The van der Waals surface area contributed by atoms with E-state index in [-0.39, 0.29) is 0 Å². The van der Waals surface area contributed by atoms with Crippen molar-refractivity contribution in [3.63, 3.8) is 0 Å². The number of nitrogens with one attached hydrogen (secondary N) is 1. The second kappa shape index (κ2) is 3.58. The van der Waals surface area contributed by atoms with Gasteiger partial charge in [-0.05, 0) is 24.3 Å². The lowest BCUT2D eigenvalue weighted by molar-refractivity contribution is 0.969. The topological polar surface area (TPSA) is 17.0 Å². The summed E-state index contributed by atoms with van der Waals surface area (Å²) in [6.45, 7) is 4.48. The molecule has 2 rings (SSSR count). The fraction of sp³-hybridized carbons (Fsp3) is 0.167. The van der Waals surface area contributed by atoms with Crippen LogP contribution in [-0.2, 0) is 7.05 Å². The predicted octanol–water partition coefficient (Wildman–Crippen LogP) is 2.78. The van der Waals surface area contributed by atoms with Gasteiger partial charge in [-0.2, -0.15) is 0 Å². The van der Waals surface area contributed by atoms with Gasteiger partial charge in [0.2, 0.25) is 0 Å². The highest BCUT2D eigenvalue weighted by atomic mass is 14.9. The molecule has 1 aromatic heterocycles. The Kier molecular flexibility index (Phi) is 2.27. The van der Waals surface area contributed by atoms with Gasteiger partial charge in [0.05, 0.1) is 0 Å². The lowest BCUT2D eigenvalue weighted by Crippen LogP contribution is -1.96. The van der Waals surface area contributed by atoms with Crippen LogP contribution in [0, 0.1) is 0 Å². The fourth-order valence-electron chi connectivity index (χ4n) is 1.58. The minimum absolute atomic E-state index is 0.804. The van der Waals surface area contributed by atoms with Gasteiger partial charge in [-0.15, -0.1) is 6.58 Å². The Morgan fingerprint density at radius 2 is 2.29 bits per heavy atom. The molecule has 0 bridgehead atoms. The van der Waals surface area contributed by atoms with Gasteiger partial charge in [0.15, 0.2) is 0 Å². The largest absolute Gasteiger partial charge is 0.382 e. The Labute approximate surface area is 83.9 Å². The fourth-order valence-corrected chi connectivity index (χ4v) is 1.58. The van der Waals surface area contributed by atoms with Crippen LogP contribution >= 0.6 is 0 Å². The molecule has 0 saturated heterocycles. The molecule has 1 N–H and O–H groups in total. The second-order valence-corrected chi connectivity index (χ2v) is 3.37. The number of rotatable bonds is 3. The molecule has 2 nitrogen and oxygen atoms in total. The van der Waals surface area contributed by atoms with Crippen LogP contribution in [0.1, 0.15) is 0 Å². The van der Waals surface area contributed by atoms with Crippen molar-refractivity contribution >= 4 is 16.6 Å². The van der Waals surface area contributed by atoms with Crippen molar-refractivity contribution in [2.45, 2.75) is 0 Å². The number of hydrogen-bond donors (Lipinski definition) is 1. The first-order valence-electron chi connectivity index (χ1n) is 4.71. The van der Waals surface area contributed by atoms with Gasteiger partial charge in [0, 0.05) is 36.4 Å². The van der Waals surface area contributed by atoms with E-state index >= 15 is 0 Å². The maximum atomic E-state index is 3.68. The summed E-state index contributed by atoms with van der Waals surface area (Å²) in [5, 5.41) is 4.53. The van der Waals surface area contributed by atoms with Gasteiger partial charge in [-0.25, -0.2) is 0 Å². The van der Waals surface area contributed by atoms with Gasteiger partial charge in [0.25, 0.3) is 0 Å². The van der Waals surface area contributed by atoms with Crippen LogP contribution in [0.15, 0.2) is 43.1 Å². The molecule has 0 amide bonds. The van der Waals surface area contributed by atoms with Crippen LogP contribution < -0.4 is 5.32 Å². The van der Waals surface area contributed by atoms with E-state index in [9.17, 15) is 0 Å². The molecular weight excluding hydrogens is 172 g/mol. The van der Waals surface area contributed by atoms with Crippen LogP contribution in [0.2, 0.25) is 0 Å². The number of aromatic nitrogens is 1. The van der Waals surface area contributed by atoms with E-state index in [1.165, 1.54) is 10.9 Å². The summed E-state index contributed by atoms with van der Waals surface area (Å²) in [5.41, 5.74) is 2.40. The second-order valence-electron chi connectivity index (χ2n) is 3.37. The number of aryl methyl sites for hydroxylation is 1. The zero-order valence-corrected chi connectivity index (χ0v) is 8.33. The summed E-state index contributed by atoms with van der Waals surface area (Å²) in [4.78, 5) is 0. The molecule has 0 aliphatic carbocycles. The van der Waals surface area contributed by atoms with Crippen molar-refractivity contribution in [1.29, 1.82) is 0 Å². The van der Waals surface area contributed by atoms with E-state index in [4.69, 9.17) is 0 Å². The normalized spacial score (nSPS) is 10.4. The van der Waals surface area contributed by atoms with Crippen molar-refractivity contribution in [3.8, 4) is 0 Å². The lowest BCUT2D eigenvalue weighted by atomic mass is 10.2. The molecule has 2 heteroatoms. The molecule has 0 spiro atoms. The van der Waals surface area contributed by atoms with E-state index in [1.54, 1.807) is 0 Å². The van der Waals surface area contributed by atoms with Crippen molar-refractivity contribution in [1.82, 2.24) is 4.57 Å². The van der Waals surface area contributed by atoms with Crippen molar-refractivity contribution in [3.05, 3.63) is 43.1 Å². The van der Waals surface area contributed by atoms with Gasteiger partial charge in [-0.3, -0.25) is 0 Å². The highest BCUT2D eigenvalue weighted by molar-refractivity contribution is 5.83. The molecule has 0 saturated carbocycles. The molecule has 1 aromatic carbocycles. The summed E-state index contributed by atoms with van der Waals surface area (Å²) in [6.07, 6.45) is 3.93. The first kappa shape index (κ1) is 8.88. The van der Waals surface area contributed by atoms with E-state index in [0.717, 1.165) is 12.2 Å². The minimum atomic E-state index is 0.804. The van der Waals surface area contributed by atoms with E-state index < -0.39 is 0 Å². The van der Waals surface area contributed by atoms with Crippen LogP contribution in [0.4, 0.5) is 5.69 Å². The van der Waals surface area contributed by atoms with Crippen LogP contribution in [0.25, 0.3) is 10.9 Å².